The van der Waals surface area contributed by atoms with Crippen LogP contribution in [0.3, 0.4) is 0 Å². The zero-order chi connectivity index (χ0) is 16.6. The van der Waals surface area contributed by atoms with E-state index in [0.717, 1.165) is 22.2 Å². The van der Waals surface area contributed by atoms with Crippen molar-refractivity contribution in [3.8, 4) is 0 Å². The van der Waals surface area contributed by atoms with Crippen LogP contribution < -0.4 is 5.32 Å². The molecule has 1 aromatic heterocycles. The molecule has 23 heavy (non-hydrogen) atoms. The first-order chi connectivity index (χ1) is 10.9. The molecule has 0 unspecified atom stereocenters. The highest BCUT2D eigenvalue weighted by Gasteiger charge is 2.17. The molecule has 3 heteroatoms. The molecule has 0 aliphatic heterocycles. The van der Waals surface area contributed by atoms with Crippen LogP contribution >= 0.6 is 0 Å². The first-order valence-corrected chi connectivity index (χ1v) is 7.85. The minimum atomic E-state index is -0.0786. The molecule has 0 atom stereocenters. The molecule has 3 aromatic rings. The number of hydrogen-bond donors (Lipinski definition) is 2. The number of carbonyl (C=O) groups excluding carboxylic acids is 1. The van der Waals surface area contributed by atoms with Gasteiger partial charge in [-0.2, -0.15) is 0 Å². The maximum absolute atomic E-state index is 12.6. The van der Waals surface area contributed by atoms with E-state index >= 15 is 0 Å². The molecule has 2 N–H and O–H groups in total. The molecule has 1 amide bonds. The second-order valence-corrected chi connectivity index (χ2v) is 6.98. The molecule has 0 aliphatic rings. The molecule has 2 aromatic carbocycles. The number of hydrogen-bond acceptors (Lipinski definition) is 1. The van der Waals surface area contributed by atoms with E-state index in [9.17, 15) is 4.79 Å². The van der Waals surface area contributed by atoms with E-state index < -0.39 is 0 Å². The van der Waals surface area contributed by atoms with Crippen LogP contribution in [0.25, 0.3) is 10.9 Å². The number of rotatable bonds is 2. The fourth-order valence-corrected chi connectivity index (χ4v) is 2.76. The van der Waals surface area contributed by atoms with Gasteiger partial charge in [0, 0.05) is 17.1 Å². The number of anilines is 1. The lowest BCUT2D eigenvalue weighted by Crippen LogP contribution is -2.16. The van der Waals surface area contributed by atoms with Crippen LogP contribution in [0.2, 0.25) is 0 Å². The molecule has 0 saturated heterocycles. The Kier molecular flexibility index (Phi) is 3.72. The number of para-hydroxylation sites is 1. The number of H-pyrrole nitrogens is 1. The van der Waals surface area contributed by atoms with Crippen molar-refractivity contribution < 1.29 is 4.79 Å². The zero-order valence-corrected chi connectivity index (χ0v) is 14.0. The summed E-state index contributed by atoms with van der Waals surface area (Å²) in [5, 5.41) is 4.10. The number of benzene rings is 2. The summed E-state index contributed by atoms with van der Waals surface area (Å²) in [5.74, 6) is -0.0786. The highest BCUT2D eigenvalue weighted by atomic mass is 16.1. The lowest BCUT2D eigenvalue weighted by Gasteiger charge is -2.20. The molecule has 0 fully saturated rings. The number of aryl methyl sites for hydroxylation is 1. The van der Waals surface area contributed by atoms with E-state index in [1.807, 2.05) is 49.5 Å². The van der Waals surface area contributed by atoms with Crippen molar-refractivity contribution in [2.75, 3.05) is 5.32 Å². The molecule has 0 aliphatic carbocycles. The van der Waals surface area contributed by atoms with Gasteiger partial charge in [0.1, 0.15) is 0 Å². The molecule has 0 bridgehead atoms. The Morgan fingerprint density at radius 1 is 1.09 bits per heavy atom. The van der Waals surface area contributed by atoms with Gasteiger partial charge < -0.3 is 10.3 Å². The van der Waals surface area contributed by atoms with Crippen molar-refractivity contribution in [3.63, 3.8) is 0 Å². The van der Waals surface area contributed by atoms with Gasteiger partial charge in [0.2, 0.25) is 0 Å². The summed E-state index contributed by atoms with van der Waals surface area (Å²) in [5.41, 5.74) is 4.77. The van der Waals surface area contributed by atoms with Crippen molar-refractivity contribution in [1.82, 2.24) is 4.98 Å². The summed E-state index contributed by atoms with van der Waals surface area (Å²) in [6.45, 7) is 8.51. The largest absolute Gasteiger partial charge is 0.359 e. The zero-order valence-electron chi connectivity index (χ0n) is 14.0. The van der Waals surface area contributed by atoms with Crippen molar-refractivity contribution in [2.24, 2.45) is 0 Å². The van der Waals surface area contributed by atoms with E-state index in [-0.39, 0.29) is 11.3 Å². The van der Waals surface area contributed by atoms with Crippen LogP contribution in [0.4, 0.5) is 5.69 Å². The average Bonchev–Trinajstić information content (AvgIpc) is 2.95. The Balaban J connectivity index is 1.91. The van der Waals surface area contributed by atoms with Crippen LogP contribution in [-0.2, 0) is 5.41 Å². The van der Waals surface area contributed by atoms with Crippen LogP contribution in [0, 0.1) is 6.92 Å². The predicted octanol–water partition coefficient (Wildman–Crippen LogP) is 5.03. The van der Waals surface area contributed by atoms with Gasteiger partial charge in [0.15, 0.2) is 0 Å². The molecular weight excluding hydrogens is 284 g/mol. The molecule has 3 nitrogen and oxygen atoms in total. The van der Waals surface area contributed by atoms with Gasteiger partial charge in [0.05, 0.1) is 11.2 Å². The molecule has 1 heterocycles. The molecule has 0 spiro atoms. The number of amides is 1. The van der Waals surface area contributed by atoms with Crippen molar-refractivity contribution >= 4 is 22.5 Å². The van der Waals surface area contributed by atoms with Crippen molar-refractivity contribution in [1.29, 1.82) is 0 Å². The average molecular weight is 306 g/mol. The third-order valence-corrected chi connectivity index (χ3v) is 4.17. The number of carbonyl (C=O) groups is 1. The third-order valence-electron chi connectivity index (χ3n) is 4.17. The highest BCUT2D eigenvalue weighted by Crippen LogP contribution is 2.26. The molecule has 3 rings (SSSR count). The molecular formula is C20H22N2O. The van der Waals surface area contributed by atoms with Gasteiger partial charge in [-0.15, -0.1) is 0 Å². The minimum Gasteiger partial charge on any atom is -0.359 e. The summed E-state index contributed by atoms with van der Waals surface area (Å²) >= 11 is 0. The van der Waals surface area contributed by atoms with E-state index in [0.29, 0.717) is 5.56 Å². The number of nitrogens with one attached hydrogen (secondary N) is 2. The fourth-order valence-electron chi connectivity index (χ4n) is 2.76. The minimum absolute atomic E-state index is 0.0786. The smallest absolute Gasteiger partial charge is 0.255 e. The maximum Gasteiger partial charge on any atom is 0.255 e. The van der Waals surface area contributed by atoms with Crippen LogP contribution in [-0.4, -0.2) is 10.9 Å². The van der Waals surface area contributed by atoms with Crippen LogP contribution in [0.1, 0.15) is 42.3 Å². The van der Waals surface area contributed by atoms with Gasteiger partial charge in [-0.05, 0) is 41.7 Å². The summed E-state index contributed by atoms with van der Waals surface area (Å²) in [6.07, 6.45) is 1.88. The first-order valence-electron chi connectivity index (χ1n) is 7.85. The predicted molar refractivity (Wildman–Crippen MR) is 96.1 cm³/mol. The maximum atomic E-state index is 12.6. The first kappa shape index (κ1) is 15.3. The topological polar surface area (TPSA) is 44.9 Å². The number of aromatic amines is 1. The summed E-state index contributed by atoms with van der Waals surface area (Å²) in [6, 6.07) is 13.9. The van der Waals surface area contributed by atoms with E-state index in [1.54, 1.807) is 0 Å². The SMILES string of the molecule is Cc1cc(C(C)(C)C)ccc1C(=O)Nc1cccc2cc[nH]c12. The van der Waals surface area contributed by atoms with Gasteiger partial charge in [-0.3, -0.25) is 4.79 Å². The fraction of sp³-hybridized carbons (Fsp3) is 0.250. The number of fused-ring (bicyclic) bond motifs is 1. The van der Waals surface area contributed by atoms with E-state index in [1.165, 1.54) is 5.56 Å². The van der Waals surface area contributed by atoms with E-state index in [2.05, 4.69) is 37.1 Å². The second kappa shape index (κ2) is 5.58. The Morgan fingerprint density at radius 3 is 2.57 bits per heavy atom. The molecule has 118 valence electrons. The van der Waals surface area contributed by atoms with Crippen molar-refractivity contribution in [3.05, 3.63) is 65.4 Å². The monoisotopic (exact) mass is 306 g/mol. The Labute approximate surface area is 136 Å². The standard InChI is InChI=1S/C20H22N2O/c1-13-12-15(20(2,3)4)8-9-16(13)19(23)22-17-7-5-6-14-10-11-21-18(14)17/h5-12,21H,1-4H3,(H,22,23). The Bertz CT molecular complexity index is 869. The summed E-state index contributed by atoms with van der Waals surface area (Å²) in [7, 11) is 0. The lowest BCUT2D eigenvalue weighted by atomic mass is 9.85. The highest BCUT2D eigenvalue weighted by molar-refractivity contribution is 6.09. The summed E-state index contributed by atoms with van der Waals surface area (Å²) in [4.78, 5) is 15.8. The van der Waals surface area contributed by atoms with Gasteiger partial charge >= 0.3 is 0 Å². The quantitative estimate of drug-likeness (QED) is 0.685. The number of aromatic nitrogens is 1. The summed E-state index contributed by atoms with van der Waals surface area (Å²) < 4.78 is 0. The molecule has 0 saturated carbocycles. The normalized spacial score (nSPS) is 11.7. The van der Waals surface area contributed by atoms with Crippen molar-refractivity contribution in [2.45, 2.75) is 33.1 Å². The van der Waals surface area contributed by atoms with Crippen LogP contribution in [0.5, 0.6) is 0 Å². The van der Waals surface area contributed by atoms with Crippen LogP contribution in [0.15, 0.2) is 48.7 Å². The van der Waals surface area contributed by atoms with Gasteiger partial charge in [-0.25, -0.2) is 0 Å². The third kappa shape index (κ3) is 3.00. The Hall–Kier alpha value is -2.55. The van der Waals surface area contributed by atoms with Gasteiger partial charge in [0.25, 0.3) is 5.91 Å². The second-order valence-electron chi connectivity index (χ2n) is 6.98. The van der Waals surface area contributed by atoms with E-state index in [4.69, 9.17) is 0 Å². The van der Waals surface area contributed by atoms with Gasteiger partial charge in [-0.1, -0.05) is 45.0 Å². The molecule has 0 radical (unpaired) electrons. The lowest BCUT2D eigenvalue weighted by molar-refractivity contribution is 0.102. The Morgan fingerprint density at radius 2 is 1.87 bits per heavy atom.